The summed E-state index contributed by atoms with van der Waals surface area (Å²) in [7, 11) is 0. The lowest BCUT2D eigenvalue weighted by Crippen LogP contribution is -1.90. The van der Waals surface area contributed by atoms with Crippen LogP contribution in [0.2, 0.25) is 0 Å². The van der Waals surface area contributed by atoms with Gasteiger partial charge in [-0.25, -0.2) is 0 Å². The van der Waals surface area contributed by atoms with Crippen LogP contribution in [0.1, 0.15) is 22.3 Å². The minimum absolute atomic E-state index is 0.627. The highest BCUT2D eigenvalue weighted by atomic mass is 14.0. The van der Waals surface area contributed by atoms with Crippen LogP contribution in [0.15, 0.2) is 12.1 Å². The Morgan fingerprint density at radius 1 is 1.17 bits per heavy atom. The molecule has 0 saturated carbocycles. The van der Waals surface area contributed by atoms with Crippen LogP contribution in [-0.4, -0.2) is 0 Å². The largest absolute Gasteiger partial charge is 0.0843 e. The summed E-state index contributed by atoms with van der Waals surface area (Å²) >= 11 is 0. The van der Waals surface area contributed by atoms with Crippen LogP contribution in [0.5, 0.6) is 0 Å². The van der Waals surface area contributed by atoms with Gasteiger partial charge < -0.3 is 0 Å². The zero-order chi connectivity index (χ0) is 9.14. The van der Waals surface area contributed by atoms with Crippen molar-refractivity contribution in [2.24, 2.45) is 0 Å². The van der Waals surface area contributed by atoms with E-state index in [0.29, 0.717) is 6.42 Å². The fraction of sp³-hybridized carbons (Fsp3) is 0.333. The SMILES string of the molecule is [C]#CCc1cc(C)c(C)c(C)c1. The molecule has 1 rings (SSSR count). The molecule has 0 atom stereocenters. The normalized spacial score (nSPS) is 9.50. The Balaban J connectivity index is 3.14. The lowest BCUT2D eigenvalue weighted by molar-refractivity contribution is 1.20. The molecular weight excluding hydrogens is 144 g/mol. The molecule has 0 saturated heterocycles. The zero-order valence-corrected chi connectivity index (χ0v) is 7.86. The molecule has 0 unspecified atom stereocenters. The molecule has 0 aliphatic carbocycles. The van der Waals surface area contributed by atoms with Gasteiger partial charge in [-0.05, 0) is 49.4 Å². The Hall–Kier alpha value is -1.22. The van der Waals surface area contributed by atoms with Crippen LogP contribution in [0, 0.1) is 33.1 Å². The second kappa shape index (κ2) is 3.45. The van der Waals surface area contributed by atoms with Gasteiger partial charge in [0.25, 0.3) is 0 Å². The van der Waals surface area contributed by atoms with Gasteiger partial charge >= 0.3 is 0 Å². The van der Waals surface area contributed by atoms with E-state index in [-0.39, 0.29) is 0 Å². The van der Waals surface area contributed by atoms with Gasteiger partial charge in [-0.1, -0.05) is 18.1 Å². The summed E-state index contributed by atoms with van der Waals surface area (Å²) in [6, 6.07) is 4.26. The summed E-state index contributed by atoms with van der Waals surface area (Å²) in [4.78, 5) is 0. The molecule has 0 spiro atoms. The van der Waals surface area contributed by atoms with E-state index < -0.39 is 0 Å². The Kier molecular flexibility index (Phi) is 2.55. The van der Waals surface area contributed by atoms with Crippen molar-refractivity contribution in [3.05, 3.63) is 40.8 Å². The molecule has 0 heteroatoms. The predicted octanol–water partition coefficient (Wildman–Crippen LogP) is 2.74. The van der Waals surface area contributed by atoms with Crippen molar-refractivity contribution in [1.82, 2.24) is 0 Å². The molecule has 1 radical (unpaired) electrons. The molecule has 0 aliphatic rings. The molecule has 0 aromatic heterocycles. The van der Waals surface area contributed by atoms with Gasteiger partial charge in [0.2, 0.25) is 0 Å². The van der Waals surface area contributed by atoms with E-state index >= 15 is 0 Å². The van der Waals surface area contributed by atoms with E-state index in [1.165, 1.54) is 22.3 Å². The second-order valence-corrected chi connectivity index (χ2v) is 3.21. The predicted molar refractivity (Wildman–Crippen MR) is 51.5 cm³/mol. The van der Waals surface area contributed by atoms with Crippen molar-refractivity contribution < 1.29 is 0 Å². The van der Waals surface area contributed by atoms with Crippen LogP contribution in [0.4, 0.5) is 0 Å². The Labute approximate surface area is 74.6 Å². The first kappa shape index (κ1) is 8.87. The van der Waals surface area contributed by atoms with Gasteiger partial charge in [0.05, 0.1) is 0 Å². The van der Waals surface area contributed by atoms with Crippen LogP contribution in [-0.2, 0) is 6.42 Å². The minimum atomic E-state index is 0.627. The highest BCUT2D eigenvalue weighted by Gasteiger charge is 1.99. The first-order valence-corrected chi connectivity index (χ1v) is 4.11. The highest BCUT2D eigenvalue weighted by molar-refractivity contribution is 5.37. The number of rotatable bonds is 1. The molecular formula is C12H13. The highest BCUT2D eigenvalue weighted by Crippen LogP contribution is 2.15. The molecule has 0 amide bonds. The van der Waals surface area contributed by atoms with Crippen molar-refractivity contribution >= 4 is 0 Å². The summed E-state index contributed by atoms with van der Waals surface area (Å²) in [6.07, 6.45) is 7.51. The standard InChI is InChI=1S/C12H13/c1-5-6-12-7-9(2)11(4)10(3)8-12/h7-8H,6H2,2-4H3. The van der Waals surface area contributed by atoms with E-state index in [9.17, 15) is 0 Å². The maximum Gasteiger partial charge on any atom is 0.0350 e. The molecule has 1 aromatic carbocycles. The summed E-state index contributed by atoms with van der Waals surface area (Å²) in [5.74, 6) is 2.41. The summed E-state index contributed by atoms with van der Waals surface area (Å²) in [5, 5.41) is 0. The summed E-state index contributed by atoms with van der Waals surface area (Å²) in [5.41, 5.74) is 5.15. The topological polar surface area (TPSA) is 0 Å². The van der Waals surface area contributed by atoms with E-state index in [1.807, 2.05) is 0 Å². The molecule has 1 aromatic rings. The Bertz CT molecular complexity index is 303. The maximum atomic E-state index is 6.88. The average molecular weight is 157 g/mol. The van der Waals surface area contributed by atoms with Crippen molar-refractivity contribution in [3.8, 4) is 5.92 Å². The van der Waals surface area contributed by atoms with Gasteiger partial charge in [-0.15, -0.1) is 0 Å². The molecule has 0 aliphatic heterocycles. The molecule has 61 valence electrons. The smallest absolute Gasteiger partial charge is 0.0350 e. The van der Waals surface area contributed by atoms with Gasteiger partial charge in [0.15, 0.2) is 0 Å². The van der Waals surface area contributed by atoms with Crippen molar-refractivity contribution in [2.75, 3.05) is 0 Å². The zero-order valence-electron chi connectivity index (χ0n) is 7.86. The molecule has 0 nitrogen and oxygen atoms in total. The Morgan fingerprint density at radius 3 is 2.08 bits per heavy atom. The lowest BCUT2D eigenvalue weighted by atomic mass is 9.99. The third-order valence-electron chi connectivity index (χ3n) is 2.28. The van der Waals surface area contributed by atoms with Crippen LogP contribution in [0.25, 0.3) is 0 Å². The molecule has 0 N–H and O–H groups in total. The summed E-state index contributed by atoms with van der Waals surface area (Å²) < 4.78 is 0. The minimum Gasteiger partial charge on any atom is -0.0843 e. The van der Waals surface area contributed by atoms with Crippen molar-refractivity contribution in [1.29, 1.82) is 0 Å². The monoisotopic (exact) mass is 157 g/mol. The van der Waals surface area contributed by atoms with Crippen molar-refractivity contribution in [2.45, 2.75) is 27.2 Å². The summed E-state index contributed by atoms with van der Waals surface area (Å²) in [6.45, 7) is 6.34. The number of hydrogen-bond donors (Lipinski definition) is 0. The first-order valence-electron chi connectivity index (χ1n) is 4.11. The quantitative estimate of drug-likeness (QED) is 0.550. The molecule has 12 heavy (non-hydrogen) atoms. The van der Waals surface area contributed by atoms with Gasteiger partial charge in [0.1, 0.15) is 0 Å². The maximum absolute atomic E-state index is 6.88. The fourth-order valence-electron chi connectivity index (χ4n) is 1.33. The van der Waals surface area contributed by atoms with E-state index in [2.05, 4.69) is 38.8 Å². The van der Waals surface area contributed by atoms with Gasteiger partial charge in [-0.3, -0.25) is 0 Å². The van der Waals surface area contributed by atoms with Crippen molar-refractivity contribution in [3.63, 3.8) is 0 Å². The van der Waals surface area contributed by atoms with Gasteiger partial charge in [0, 0.05) is 6.42 Å². The van der Waals surface area contributed by atoms with E-state index in [0.717, 1.165) is 0 Å². The van der Waals surface area contributed by atoms with Crippen LogP contribution in [0.3, 0.4) is 0 Å². The molecule has 0 fully saturated rings. The molecule has 0 bridgehead atoms. The number of hydrogen-bond acceptors (Lipinski definition) is 0. The molecule has 0 heterocycles. The first-order chi connectivity index (χ1) is 5.65. The Morgan fingerprint density at radius 2 is 1.67 bits per heavy atom. The van der Waals surface area contributed by atoms with E-state index in [4.69, 9.17) is 6.42 Å². The second-order valence-electron chi connectivity index (χ2n) is 3.21. The number of aryl methyl sites for hydroxylation is 2. The third-order valence-corrected chi connectivity index (χ3v) is 2.28. The van der Waals surface area contributed by atoms with Crippen LogP contribution >= 0.6 is 0 Å². The average Bonchev–Trinajstić information content (AvgIpc) is 2.01. The van der Waals surface area contributed by atoms with Gasteiger partial charge in [-0.2, -0.15) is 0 Å². The fourth-order valence-corrected chi connectivity index (χ4v) is 1.33. The third kappa shape index (κ3) is 1.68. The lowest BCUT2D eigenvalue weighted by Gasteiger charge is -2.06. The van der Waals surface area contributed by atoms with Crippen LogP contribution < -0.4 is 0 Å². The number of benzene rings is 1. The van der Waals surface area contributed by atoms with E-state index in [1.54, 1.807) is 0 Å².